The summed E-state index contributed by atoms with van der Waals surface area (Å²) < 4.78 is 16.5. The largest absolute Gasteiger partial charge is 0.492 e. The number of nitrogens with zero attached hydrogens (tertiary/aromatic N) is 2. The minimum atomic E-state index is -0.102. The van der Waals surface area contributed by atoms with Crippen molar-refractivity contribution >= 4 is 17.6 Å². The third-order valence-corrected chi connectivity index (χ3v) is 4.48. The first kappa shape index (κ1) is 23.0. The number of hydrogen-bond acceptors (Lipinski definition) is 5. The summed E-state index contributed by atoms with van der Waals surface area (Å²) in [7, 11) is 1.68. The molecular weight excluding hydrogens is 372 g/mol. The summed E-state index contributed by atoms with van der Waals surface area (Å²) in [6.07, 6.45) is 1.10. The molecule has 1 saturated heterocycles. The summed E-state index contributed by atoms with van der Waals surface area (Å²) in [6, 6.07) is 7.37. The number of ether oxygens (including phenoxy) is 3. The molecule has 1 heterocycles. The molecule has 2 rings (SSSR count). The summed E-state index contributed by atoms with van der Waals surface area (Å²) in [4.78, 5) is 18.1. The van der Waals surface area contributed by atoms with E-state index in [0.717, 1.165) is 44.3 Å². The van der Waals surface area contributed by atoms with Gasteiger partial charge in [0.05, 0.1) is 26.4 Å². The third kappa shape index (κ3) is 8.70. The first-order valence-corrected chi connectivity index (χ1v) is 10.2. The Morgan fingerprint density at radius 1 is 1.31 bits per heavy atom. The fourth-order valence-corrected chi connectivity index (χ4v) is 3.16. The van der Waals surface area contributed by atoms with Gasteiger partial charge in [-0.3, -0.25) is 4.79 Å². The fraction of sp³-hybridized carbons (Fsp3) is 0.619. The highest BCUT2D eigenvalue weighted by Crippen LogP contribution is 2.18. The minimum Gasteiger partial charge on any atom is -0.492 e. The van der Waals surface area contributed by atoms with E-state index in [1.807, 2.05) is 24.3 Å². The number of carbonyl (C=O) groups is 1. The van der Waals surface area contributed by atoms with E-state index in [2.05, 4.69) is 22.5 Å². The normalized spacial score (nSPS) is 16.7. The van der Waals surface area contributed by atoms with E-state index in [9.17, 15) is 4.79 Å². The van der Waals surface area contributed by atoms with Crippen LogP contribution in [0, 0.1) is 5.92 Å². The average Bonchev–Trinajstić information content (AvgIpc) is 3.16. The quantitative estimate of drug-likeness (QED) is 0.332. The number of guanidine groups is 1. The van der Waals surface area contributed by atoms with Gasteiger partial charge in [0.15, 0.2) is 5.96 Å². The summed E-state index contributed by atoms with van der Waals surface area (Å²) in [6.45, 7) is 9.35. The monoisotopic (exact) mass is 406 g/mol. The molecule has 1 aromatic carbocycles. The number of benzene rings is 1. The minimum absolute atomic E-state index is 0.102. The van der Waals surface area contributed by atoms with E-state index in [4.69, 9.17) is 19.2 Å². The van der Waals surface area contributed by atoms with Crippen molar-refractivity contribution in [2.75, 3.05) is 65.0 Å². The molecule has 29 heavy (non-hydrogen) atoms. The summed E-state index contributed by atoms with van der Waals surface area (Å²) in [5.41, 5.74) is 0.725. The molecular formula is C21H34N4O4. The number of nitrogens with one attached hydrogen (secondary N) is 2. The highest BCUT2D eigenvalue weighted by Gasteiger charge is 2.24. The number of rotatable bonds is 11. The number of carbonyl (C=O) groups excluding carboxylic acids is 1. The first-order chi connectivity index (χ1) is 14.1. The predicted molar refractivity (Wildman–Crippen MR) is 115 cm³/mol. The molecule has 1 unspecified atom stereocenters. The highest BCUT2D eigenvalue weighted by molar-refractivity contribution is 5.88. The molecule has 0 radical (unpaired) electrons. The Kier molecular flexibility index (Phi) is 10.3. The van der Waals surface area contributed by atoms with Gasteiger partial charge in [0.1, 0.15) is 12.4 Å². The molecule has 0 aromatic heterocycles. The lowest BCUT2D eigenvalue weighted by atomic mass is 10.1. The van der Waals surface area contributed by atoms with Crippen molar-refractivity contribution in [2.45, 2.75) is 20.3 Å². The summed E-state index contributed by atoms with van der Waals surface area (Å²) in [5, 5.41) is 6.12. The molecule has 8 nitrogen and oxygen atoms in total. The van der Waals surface area contributed by atoms with Crippen molar-refractivity contribution in [3.8, 4) is 5.75 Å². The zero-order chi connectivity index (χ0) is 20.9. The maximum Gasteiger partial charge on any atom is 0.221 e. The Labute approximate surface area is 173 Å². The Morgan fingerprint density at radius 2 is 2.17 bits per heavy atom. The molecule has 162 valence electrons. The molecule has 8 heteroatoms. The van der Waals surface area contributed by atoms with E-state index in [-0.39, 0.29) is 5.91 Å². The molecule has 0 aliphatic carbocycles. The van der Waals surface area contributed by atoms with Crippen molar-refractivity contribution in [3.05, 3.63) is 24.3 Å². The molecule has 1 fully saturated rings. The van der Waals surface area contributed by atoms with Crippen LogP contribution in [0.4, 0.5) is 5.69 Å². The summed E-state index contributed by atoms with van der Waals surface area (Å²) >= 11 is 0. The summed E-state index contributed by atoms with van der Waals surface area (Å²) in [5.74, 6) is 2.05. The van der Waals surface area contributed by atoms with Crippen molar-refractivity contribution in [1.29, 1.82) is 0 Å². The highest BCUT2D eigenvalue weighted by atomic mass is 16.5. The van der Waals surface area contributed by atoms with Crippen LogP contribution >= 0.6 is 0 Å². The zero-order valence-corrected chi connectivity index (χ0v) is 17.8. The van der Waals surface area contributed by atoms with Crippen LogP contribution in [0.1, 0.15) is 20.3 Å². The van der Waals surface area contributed by atoms with Crippen molar-refractivity contribution < 1.29 is 19.0 Å². The maximum absolute atomic E-state index is 11.2. The van der Waals surface area contributed by atoms with Crippen LogP contribution in [-0.2, 0) is 14.3 Å². The van der Waals surface area contributed by atoms with E-state index in [0.29, 0.717) is 38.0 Å². The molecule has 1 aliphatic rings. The molecule has 2 N–H and O–H groups in total. The lowest BCUT2D eigenvalue weighted by Crippen LogP contribution is -2.40. The number of amides is 1. The number of likely N-dealkylation sites (tertiary alicyclic amines) is 1. The maximum atomic E-state index is 11.2. The van der Waals surface area contributed by atoms with E-state index < -0.39 is 0 Å². The number of anilines is 1. The van der Waals surface area contributed by atoms with Gasteiger partial charge in [0, 0.05) is 51.3 Å². The standard InChI is InChI=1S/C21H34N4O4/c1-4-22-21(25-10-8-18(15-25)16-28-13-12-27-3)23-9-11-29-20-7-5-6-19(14-20)24-17(2)26/h5-7,14,18H,4,8-13,15-16H2,1-3H3,(H,22,23)(H,24,26). The van der Waals surface area contributed by atoms with Gasteiger partial charge >= 0.3 is 0 Å². The lowest BCUT2D eigenvalue weighted by Gasteiger charge is -2.21. The molecule has 1 amide bonds. The van der Waals surface area contributed by atoms with Gasteiger partial charge in [-0.25, -0.2) is 4.99 Å². The molecule has 1 atom stereocenters. The Bertz CT molecular complexity index is 653. The van der Waals surface area contributed by atoms with E-state index in [1.54, 1.807) is 7.11 Å². The van der Waals surface area contributed by atoms with Gasteiger partial charge in [-0.2, -0.15) is 0 Å². The van der Waals surface area contributed by atoms with Gasteiger partial charge in [0.2, 0.25) is 5.91 Å². The van der Waals surface area contributed by atoms with Crippen LogP contribution in [0.2, 0.25) is 0 Å². The fourth-order valence-electron chi connectivity index (χ4n) is 3.16. The molecule has 0 spiro atoms. The van der Waals surface area contributed by atoms with Crippen LogP contribution in [-0.4, -0.2) is 76.5 Å². The topological polar surface area (TPSA) is 84.4 Å². The van der Waals surface area contributed by atoms with E-state index in [1.165, 1.54) is 6.92 Å². The number of methoxy groups -OCH3 is 1. The third-order valence-electron chi connectivity index (χ3n) is 4.48. The number of aliphatic imine (C=N–C) groups is 1. The van der Waals surface area contributed by atoms with Gasteiger partial charge in [-0.1, -0.05) is 6.07 Å². The van der Waals surface area contributed by atoms with Crippen LogP contribution in [0.3, 0.4) is 0 Å². The van der Waals surface area contributed by atoms with Gasteiger partial charge < -0.3 is 29.7 Å². The SMILES string of the molecule is CCNC(=NCCOc1cccc(NC(C)=O)c1)N1CCC(COCCOC)C1. The predicted octanol–water partition coefficient (Wildman–Crippen LogP) is 1.97. The Hall–Kier alpha value is -2.32. The molecule has 0 bridgehead atoms. The Morgan fingerprint density at radius 3 is 2.93 bits per heavy atom. The molecule has 0 saturated carbocycles. The van der Waals surface area contributed by atoms with Crippen molar-refractivity contribution in [2.24, 2.45) is 10.9 Å². The second kappa shape index (κ2) is 13.0. The second-order valence-corrected chi connectivity index (χ2v) is 6.96. The molecule has 1 aliphatic heterocycles. The molecule has 1 aromatic rings. The van der Waals surface area contributed by atoms with Crippen LogP contribution in [0.25, 0.3) is 0 Å². The second-order valence-electron chi connectivity index (χ2n) is 6.96. The zero-order valence-electron chi connectivity index (χ0n) is 17.8. The first-order valence-electron chi connectivity index (χ1n) is 10.2. The van der Waals surface area contributed by atoms with Gasteiger partial charge in [-0.15, -0.1) is 0 Å². The Balaban J connectivity index is 1.78. The van der Waals surface area contributed by atoms with Crippen LogP contribution < -0.4 is 15.4 Å². The van der Waals surface area contributed by atoms with Gasteiger partial charge in [-0.05, 0) is 25.5 Å². The smallest absolute Gasteiger partial charge is 0.221 e. The average molecular weight is 407 g/mol. The lowest BCUT2D eigenvalue weighted by molar-refractivity contribution is -0.114. The van der Waals surface area contributed by atoms with Crippen LogP contribution in [0.5, 0.6) is 5.75 Å². The van der Waals surface area contributed by atoms with E-state index >= 15 is 0 Å². The van der Waals surface area contributed by atoms with Crippen molar-refractivity contribution in [1.82, 2.24) is 10.2 Å². The van der Waals surface area contributed by atoms with Crippen molar-refractivity contribution in [3.63, 3.8) is 0 Å². The van der Waals surface area contributed by atoms with Gasteiger partial charge in [0.25, 0.3) is 0 Å². The van der Waals surface area contributed by atoms with Crippen LogP contribution in [0.15, 0.2) is 29.3 Å². The number of hydrogen-bond donors (Lipinski definition) is 2.